The average Bonchev–Trinajstić information content (AvgIpc) is 2.61. The summed E-state index contributed by atoms with van der Waals surface area (Å²) in [5, 5.41) is 0. The standard InChI is InChI=1S/C10H18N2O3S/c1-10(7-15-6-8(10)11)9(13)12-2-4-16(14)5-3-12/h8H,2-7,11H2,1H3. The Balaban J connectivity index is 2.04. The summed E-state index contributed by atoms with van der Waals surface area (Å²) in [6.07, 6.45) is 0. The van der Waals surface area contributed by atoms with Gasteiger partial charge in [0.05, 0.1) is 18.6 Å². The maximum absolute atomic E-state index is 12.3. The Morgan fingerprint density at radius 2 is 2.12 bits per heavy atom. The van der Waals surface area contributed by atoms with Crippen molar-refractivity contribution in [3.63, 3.8) is 0 Å². The van der Waals surface area contributed by atoms with Gasteiger partial charge in [0.25, 0.3) is 0 Å². The molecule has 16 heavy (non-hydrogen) atoms. The van der Waals surface area contributed by atoms with Crippen molar-refractivity contribution in [2.75, 3.05) is 37.8 Å². The summed E-state index contributed by atoms with van der Waals surface area (Å²) in [5.41, 5.74) is 5.32. The van der Waals surface area contributed by atoms with E-state index in [9.17, 15) is 9.00 Å². The molecule has 5 nitrogen and oxygen atoms in total. The van der Waals surface area contributed by atoms with Crippen LogP contribution < -0.4 is 5.73 Å². The third kappa shape index (κ3) is 2.01. The van der Waals surface area contributed by atoms with Crippen LogP contribution in [0.5, 0.6) is 0 Å². The molecule has 2 fully saturated rings. The molecule has 2 aliphatic rings. The van der Waals surface area contributed by atoms with Gasteiger partial charge in [-0.2, -0.15) is 0 Å². The van der Waals surface area contributed by atoms with Gasteiger partial charge in [0.15, 0.2) is 0 Å². The second kappa shape index (κ2) is 4.43. The van der Waals surface area contributed by atoms with E-state index >= 15 is 0 Å². The van der Waals surface area contributed by atoms with Gasteiger partial charge in [-0.15, -0.1) is 0 Å². The Hall–Kier alpha value is -0.460. The van der Waals surface area contributed by atoms with E-state index in [0.717, 1.165) is 0 Å². The molecule has 2 rings (SSSR count). The van der Waals surface area contributed by atoms with Crippen LogP contribution in [0, 0.1) is 5.41 Å². The van der Waals surface area contributed by atoms with E-state index < -0.39 is 16.2 Å². The van der Waals surface area contributed by atoms with Gasteiger partial charge in [0.1, 0.15) is 0 Å². The van der Waals surface area contributed by atoms with E-state index in [1.165, 1.54) is 0 Å². The monoisotopic (exact) mass is 246 g/mol. The molecule has 0 aromatic carbocycles. The van der Waals surface area contributed by atoms with E-state index in [4.69, 9.17) is 10.5 Å². The predicted molar refractivity (Wildman–Crippen MR) is 61.4 cm³/mol. The Bertz CT molecular complexity index is 313. The Morgan fingerprint density at radius 1 is 1.50 bits per heavy atom. The predicted octanol–water partition coefficient (Wildman–Crippen LogP) is -1.06. The van der Waals surface area contributed by atoms with Crippen molar-refractivity contribution in [1.29, 1.82) is 0 Å². The summed E-state index contributed by atoms with van der Waals surface area (Å²) in [7, 11) is -0.758. The SMILES string of the molecule is CC1(C(=O)N2CCS(=O)CC2)COCC1N. The third-order valence-electron chi connectivity index (χ3n) is 3.47. The number of nitrogens with zero attached hydrogens (tertiary/aromatic N) is 1. The lowest BCUT2D eigenvalue weighted by atomic mass is 9.84. The topological polar surface area (TPSA) is 72.6 Å². The largest absolute Gasteiger partial charge is 0.379 e. The molecule has 0 aromatic rings. The van der Waals surface area contributed by atoms with Gasteiger partial charge in [0, 0.05) is 41.4 Å². The van der Waals surface area contributed by atoms with Crippen LogP contribution in [0.4, 0.5) is 0 Å². The molecule has 2 saturated heterocycles. The lowest BCUT2D eigenvalue weighted by molar-refractivity contribution is -0.141. The highest BCUT2D eigenvalue weighted by Gasteiger charge is 2.46. The molecule has 2 atom stereocenters. The number of ether oxygens (including phenoxy) is 1. The fourth-order valence-electron chi connectivity index (χ4n) is 2.11. The van der Waals surface area contributed by atoms with E-state index in [2.05, 4.69) is 0 Å². The van der Waals surface area contributed by atoms with E-state index in [-0.39, 0.29) is 11.9 Å². The van der Waals surface area contributed by atoms with Gasteiger partial charge < -0.3 is 15.4 Å². The van der Waals surface area contributed by atoms with Crippen molar-refractivity contribution < 1.29 is 13.7 Å². The molecular weight excluding hydrogens is 228 g/mol. The number of carbonyl (C=O) groups is 1. The molecule has 2 aliphatic heterocycles. The summed E-state index contributed by atoms with van der Waals surface area (Å²) >= 11 is 0. The summed E-state index contributed by atoms with van der Waals surface area (Å²) in [6.45, 7) is 3.86. The zero-order valence-electron chi connectivity index (χ0n) is 9.48. The van der Waals surface area contributed by atoms with Crippen molar-refractivity contribution in [2.24, 2.45) is 11.1 Å². The molecule has 0 spiro atoms. The van der Waals surface area contributed by atoms with Crippen LogP contribution in [0.15, 0.2) is 0 Å². The summed E-state index contributed by atoms with van der Waals surface area (Å²) < 4.78 is 16.5. The first-order chi connectivity index (χ1) is 7.54. The van der Waals surface area contributed by atoms with Crippen LogP contribution in [0.3, 0.4) is 0 Å². The van der Waals surface area contributed by atoms with Crippen LogP contribution in [-0.4, -0.2) is 58.9 Å². The minimum Gasteiger partial charge on any atom is -0.379 e. The average molecular weight is 246 g/mol. The molecule has 2 N–H and O–H groups in total. The summed E-state index contributed by atoms with van der Waals surface area (Å²) in [4.78, 5) is 14.1. The molecule has 92 valence electrons. The molecule has 0 radical (unpaired) electrons. The van der Waals surface area contributed by atoms with Crippen LogP contribution in [0.1, 0.15) is 6.92 Å². The number of carbonyl (C=O) groups excluding carboxylic acids is 1. The normalized spacial score (nSPS) is 36.6. The number of hydrogen-bond acceptors (Lipinski definition) is 4. The first kappa shape index (κ1) is 12.0. The first-order valence-electron chi connectivity index (χ1n) is 5.52. The van der Waals surface area contributed by atoms with Crippen LogP contribution in [0.2, 0.25) is 0 Å². The molecule has 1 amide bonds. The number of amides is 1. The zero-order chi connectivity index (χ0) is 11.8. The molecular formula is C10H18N2O3S. The molecule has 2 heterocycles. The van der Waals surface area contributed by atoms with Crippen molar-refractivity contribution >= 4 is 16.7 Å². The smallest absolute Gasteiger partial charge is 0.232 e. The van der Waals surface area contributed by atoms with Gasteiger partial charge in [-0.25, -0.2) is 0 Å². The van der Waals surface area contributed by atoms with Crippen LogP contribution >= 0.6 is 0 Å². The third-order valence-corrected chi connectivity index (χ3v) is 4.75. The van der Waals surface area contributed by atoms with Gasteiger partial charge in [-0.3, -0.25) is 9.00 Å². The van der Waals surface area contributed by atoms with Crippen molar-refractivity contribution in [3.05, 3.63) is 0 Å². The van der Waals surface area contributed by atoms with E-state index in [1.807, 2.05) is 6.92 Å². The second-order valence-electron chi connectivity index (χ2n) is 4.68. The lowest BCUT2D eigenvalue weighted by Gasteiger charge is -2.35. The molecule has 2 unspecified atom stereocenters. The molecule has 0 bridgehead atoms. The van der Waals surface area contributed by atoms with Gasteiger partial charge >= 0.3 is 0 Å². The Kier molecular flexibility index (Phi) is 3.32. The highest BCUT2D eigenvalue weighted by Crippen LogP contribution is 2.29. The van der Waals surface area contributed by atoms with Crippen LogP contribution in [0.25, 0.3) is 0 Å². The first-order valence-corrected chi connectivity index (χ1v) is 7.00. The maximum atomic E-state index is 12.3. The Labute approximate surface area is 97.8 Å². The van der Waals surface area contributed by atoms with Gasteiger partial charge in [-0.05, 0) is 6.92 Å². The molecule has 0 aromatic heterocycles. The lowest BCUT2D eigenvalue weighted by Crippen LogP contribution is -2.54. The fraction of sp³-hybridized carbons (Fsp3) is 0.900. The van der Waals surface area contributed by atoms with Crippen LogP contribution in [-0.2, 0) is 20.3 Å². The highest BCUT2D eigenvalue weighted by molar-refractivity contribution is 7.85. The molecule has 0 aliphatic carbocycles. The fourth-order valence-corrected chi connectivity index (χ4v) is 3.16. The summed E-state index contributed by atoms with van der Waals surface area (Å²) in [6, 6.07) is -0.229. The molecule has 0 saturated carbocycles. The summed E-state index contributed by atoms with van der Waals surface area (Å²) in [5.74, 6) is 1.21. The van der Waals surface area contributed by atoms with Gasteiger partial charge in [-0.1, -0.05) is 0 Å². The highest BCUT2D eigenvalue weighted by atomic mass is 32.2. The van der Waals surface area contributed by atoms with Crippen molar-refractivity contribution in [3.8, 4) is 0 Å². The quantitative estimate of drug-likeness (QED) is 0.640. The van der Waals surface area contributed by atoms with E-state index in [1.54, 1.807) is 4.90 Å². The number of hydrogen-bond donors (Lipinski definition) is 1. The second-order valence-corrected chi connectivity index (χ2v) is 6.38. The van der Waals surface area contributed by atoms with Gasteiger partial charge in [0.2, 0.25) is 5.91 Å². The van der Waals surface area contributed by atoms with Crippen molar-refractivity contribution in [2.45, 2.75) is 13.0 Å². The zero-order valence-corrected chi connectivity index (χ0v) is 10.3. The maximum Gasteiger partial charge on any atom is 0.232 e. The minimum atomic E-state index is -0.758. The minimum absolute atomic E-state index is 0.0502. The van der Waals surface area contributed by atoms with E-state index in [0.29, 0.717) is 37.8 Å². The number of rotatable bonds is 1. The number of nitrogens with two attached hydrogens (primary N) is 1. The van der Waals surface area contributed by atoms with Crippen molar-refractivity contribution in [1.82, 2.24) is 4.90 Å². The molecule has 6 heteroatoms. The Morgan fingerprint density at radius 3 is 2.62 bits per heavy atom.